The number of carboxylic acid groups (broad SMARTS) is 2. The van der Waals surface area contributed by atoms with Crippen molar-refractivity contribution in [1.82, 2.24) is 29.4 Å². The van der Waals surface area contributed by atoms with Gasteiger partial charge in [0.25, 0.3) is 11.8 Å². The standard InChI is InChI=1S/C21H24FN3O4.C17H19NO3.C13H17N5O8S2/c1-29-20-17-13(19(26)14(21(27)28)9-25(17)12-4-5-12)7-15(22)18(20)24-8-11-3-2-6-23-16(11)10-24;1-18-7-6-17-10-3-5-13(20)16(17)21-15-12(19)4-2-9(14(15)17)8-11(10)18;1-5-7(10(20)18(5)28(23,24)25)16-9(19)8(6-4-27-12(14)15-6)17-26-13(2,3)11(21)22/h7,9,11-12,16,23H,2-6,8,10H2,1H3,(H,27,28);2-5,10-11,13,16,19-20H,6-8H2,1H3;4-5,7H,1-3H3,(H2,14,15)(H,16,19)(H,21,22)(H,23,24,25)/t11-,16+;10-,11+,13-,16-,17-;5-,7-/m000/s1. The highest BCUT2D eigenvalue weighted by atomic mass is 32.2. The van der Waals surface area contributed by atoms with Crippen LogP contribution in [0.1, 0.15) is 86.1 Å². The maximum Gasteiger partial charge on any atom is 0.362 e. The number of aromatic hydroxyl groups is 1. The Morgan fingerprint density at radius 3 is 2.50 bits per heavy atom. The highest BCUT2D eigenvalue weighted by molar-refractivity contribution is 7.84. The molecule has 2 aromatic carbocycles. The highest BCUT2D eigenvalue weighted by Crippen LogP contribution is 2.62. The summed E-state index contributed by atoms with van der Waals surface area (Å²) in [4.78, 5) is 73.2. The third kappa shape index (κ3) is 9.25. The number of likely N-dealkylation sites (N-methyl/N-ethyl adjacent to an activating group) is 1. The summed E-state index contributed by atoms with van der Waals surface area (Å²) >= 11 is 0.980. The predicted molar refractivity (Wildman–Crippen MR) is 280 cm³/mol. The van der Waals surface area contributed by atoms with Gasteiger partial charge in [-0.05, 0) is 103 Å². The number of likely N-dealkylation sites (tertiary alicyclic amines) is 1. The normalized spacial score (nSPS) is 27.7. The number of aromatic carboxylic acids is 1. The first-order valence-electron chi connectivity index (χ1n) is 25.5. The summed E-state index contributed by atoms with van der Waals surface area (Å²) in [6.07, 6.45) is 10.6. The molecule has 78 heavy (non-hydrogen) atoms. The van der Waals surface area contributed by atoms with Crippen LogP contribution in [0, 0.1) is 17.7 Å². The Kier molecular flexibility index (Phi) is 14.0. The molecule has 0 unspecified atom stereocenters. The molecule has 7 heterocycles. The number of oxime groups is 1. The van der Waals surface area contributed by atoms with Crippen molar-refractivity contribution in [3.63, 3.8) is 0 Å². The molecule has 1 spiro atoms. The average molecular weight is 1120 g/mol. The molecular weight excluding hydrogens is 1060 g/mol. The molecule has 12 rings (SSSR count). The summed E-state index contributed by atoms with van der Waals surface area (Å²) in [6.45, 7) is 7.10. The van der Waals surface area contributed by atoms with Gasteiger partial charge in [-0.2, -0.15) is 8.42 Å². The second-order valence-corrected chi connectivity index (χ2v) is 23.6. The number of hydrogen-bond acceptors (Lipinski definition) is 19. The van der Waals surface area contributed by atoms with Crippen LogP contribution in [0.3, 0.4) is 0 Å². The van der Waals surface area contributed by atoms with Gasteiger partial charge < -0.3 is 65.5 Å². The van der Waals surface area contributed by atoms with Gasteiger partial charge in [-0.15, -0.1) is 11.3 Å². The number of aliphatic hydroxyl groups is 1. The van der Waals surface area contributed by atoms with Gasteiger partial charge in [0.1, 0.15) is 35.2 Å². The van der Waals surface area contributed by atoms with E-state index in [9.17, 15) is 47.7 Å². The lowest BCUT2D eigenvalue weighted by atomic mass is 9.53. The first kappa shape index (κ1) is 54.4. The topological polar surface area (TPSA) is 338 Å². The van der Waals surface area contributed by atoms with Gasteiger partial charge in [-0.25, -0.2) is 23.3 Å². The van der Waals surface area contributed by atoms with E-state index in [1.165, 1.54) is 56.7 Å². The van der Waals surface area contributed by atoms with E-state index in [0.29, 0.717) is 53.2 Å². The fourth-order valence-electron chi connectivity index (χ4n) is 12.3. The number of methoxy groups -OCH3 is 1. The maximum atomic E-state index is 15.3. The minimum absolute atomic E-state index is 0.0350. The number of carbonyl (C=O) groups is 4. The van der Waals surface area contributed by atoms with Gasteiger partial charge in [0, 0.05) is 59.7 Å². The molecule has 418 valence electrons. The Morgan fingerprint density at radius 1 is 1.13 bits per heavy atom. The number of phenolic OH excluding ortho intramolecular Hbond substituents is 1. The van der Waals surface area contributed by atoms with Gasteiger partial charge in [0.2, 0.25) is 11.0 Å². The number of thiazole rings is 1. The van der Waals surface area contributed by atoms with Crippen LogP contribution in [-0.2, 0) is 41.4 Å². The van der Waals surface area contributed by atoms with Crippen LogP contribution < -0.4 is 36.2 Å². The first-order valence-corrected chi connectivity index (χ1v) is 27.7. The van der Waals surface area contributed by atoms with Crippen molar-refractivity contribution >= 4 is 72.8 Å². The second kappa shape index (κ2) is 20.1. The number of halogens is 1. The third-order valence-corrected chi connectivity index (χ3v) is 18.1. The Hall–Kier alpha value is -6.91. The number of nitrogen functional groups attached to an aromatic ring is 1. The number of hydrogen-bond donors (Lipinski definition) is 8. The van der Waals surface area contributed by atoms with Crippen molar-refractivity contribution in [3.8, 4) is 17.2 Å². The van der Waals surface area contributed by atoms with Crippen LogP contribution in [0.2, 0.25) is 0 Å². The number of aliphatic hydroxyl groups excluding tert-OH is 1. The van der Waals surface area contributed by atoms with Gasteiger partial charge in [0.05, 0.1) is 24.1 Å². The molecule has 2 aromatic heterocycles. The van der Waals surface area contributed by atoms with Crippen molar-refractivity contribution in [3.05, 3.63) is 80.4 Å². The quantitative estimate of drug-likeness (QED) is 0.0351. The number of nitrogens with two attached hydrogens (primary N) is 1. The number of nitrogens with one attached hydrogen (secondary N) is 2. The number of pyridine rings is 1. The first-order chi connectivity index (χ1) is 36.9. The van der Waals surface area contributed by atoms with Crippen LogP contribution in [-0.4, -0.2) is 164 Å². The van der Waals surface area contributed by atoms with Crippen molar-refractivity contribution < 1.29 is 71.3 Å². The summed E-state index contributed by atoms with van der Waals surface area (Å²) in [5.41, 5.74) is 5.39. The number of carboxylic acids is 2. The summed E-state index contributed by atoms with van der Waals surface area (Å²) < 4.78 is 60.3. The number of nitrogens with zero attached hydrogens (tertiary/aromatic N) is 6. The maximum absolute atomic E-state index is 15.3. The molecule has 24 nitrogen and oxygen atoms in total. The fraction of sp³-hybridized carbons (Fsp3) is 0.510. The molecule has 8 aliphatic rings. The number of phenols is 1. The van der Waals surface area contributed by atoms with Crippen LogP contribution in [0.5, 0.6) is 17.2 Å². The number of aromatic nitrogens is 2. The molecule has 9 N–H and O–H groups in total. The Morgan fingerprint density at radius 2 is 1.87 bits per heavy atom. The highest BCUT2D eigenvalue weighted by Gasteiger charge is 2.64. The number of β-lactam (4-membered cyclic amide) rings is 1. The molecule has 2 amide bonds. The molecule has 2 bridgehead atoms. The number of piperidine rings is 2. The van der Waals surface area contributed by atoms with Crippen molar-refractivity contribution in [1.29, 1.82) is 0 Å². The molecule has 5 aliphatic heterocycles. The summed E-state index contributed by atoms with van der Waals surface area (Å²) in [7, 11) is -1.09. The van der Waals surface area contributed by atoms with Crippen LogP contribution in [0.25, 0.3) is 10.9 Å². The van der Waals surface area contributed by atoms with Crippen LogP contribution in [0.15, 0.2) is 51.9 Å². The smallest absolute Gasteiger partial charge is 0.362 e. The number of ether oxygens (including phenoxy) is 2. The zero-order valence-corrected chi connectivity index (χ0v) is 44.7. The Bertz CT molecular complexity index is 3370. The van der Waals surface area contributed by atoms with Gasteiger partial charge in [0.15, 0.2) is 33.9 Å². The lowest BCUT2D eigenvalue weighted by Crippen LogP contribution is -2.71. The SMILES string of the molecule is CN1CC[C@]23c4c5ccc(O)c4O[C@H]2[C@@H](O)C=C[C@H]3[C@H]1C5.COc1c(N2C[C@@H]3CCCN[C@@H]3C2)c(F)cc2c(=O)c(C(=O)O)cn(C3CC3)c12.C[C@H]1[C@H](NC(=O)C(=NOC(C)(C)C(=O)O)c2csc(N)n2)C(=O)N1S(=O)(=O)O. The molecule has 0 radical (unpaired) electrons. The lowest BCUT2D eigenvalue weighted by molar-refractivity contribution is -0.161. The van der Waals surface area contributed by atoms with Gasteiger partial charge in [-0.3, -0.25) is 18.9 Å². The number of anilines is 2. The van der Waals surface area contributed by atoms with Crippen molar-refractivity contribution in [2.75, 3.05) is 51.0 Å². The minimum atomic E-state index is -4.76. The number of aliphatic carboxylic acids is 1. The van der Waals surface area contributed by atoms with Crippen LogP contribution >= 0.6 is 11.3 Å². The Labute approximate surface area is 450 Å². The van der Waals surface area contributed by atoms with E-state index in [1.807, 2.05) is 17.0 Å². The summed E-state index contributed by atoms with van der Waals surface area (Å²) in [5.74, 6) is -3.25. The third-order valence-electron chi connectivity index (χ3n) is 16.4. The van der Waals surface area contributed by atoms with E-state index >= 15 is 4.39 Å². The second-order valence-electron chi connectivity index (χ2n) is 21.5. The zero-order valence-electron chi connectivity index (χ0n) is 43.1. The monoisotopic (exact) mass is 1120 g/mol. The van der Waals surface area contributed by atoms with Gasteiger partial charge >= 0.3 is 22.2 Å². The molecular formula is C51H60FN9O15S2. The van der Waals surface area contributed by atoms with Crippen molar-refractivity contribution in [2.24, 2.45) is 17.0 Å². The number of benzene rings is 2. The van der Waals surface area contributed by atoms with E-state index in [-0.39, 0.29) is 49.4 Å². The number of amides is 2. The molecule has 4 saturated heterocycles. The average Bonchev–Trinajstić information content (AvgIpc) is 4.06. The molecule has 9 atom stereocenters. The number of carbonyl (C=O) groups excluding carboxylic acids is 2. The molecule has 5 fully saturated rings. The van der Waals surface area contributed by atoms with Crippen LogP contribution in [0.4, 0.5) is 15.2 Å². The van der Waals surface area contributed by atoms with Gasteiger partial charge in [-0.1, -0.05) is 23.4 Å². The number of rotatable bonds is 11. The lowest BCUT2D eigenvalue weighted by Gasteiger charge is -2.56. The molecule has 1 saturated carbocycles. The van der Waals surface area contributed by atoms with E-state index in [4.69, 9.17) is 29.7 Å². The summed E-state index contributed by atoms with van der Waals surface area (Å²) in [6, 6.07) is 3.53. The largest absolute Gasteiger partial charge is 0.504 e. The Balaban J connectivity index is 0.000000134. The summed E-state index contributed by atoms with van der Waals surface area (Å²) in [5, 5.41) is 50.0. The molecule has 4 aromatic rings. The fourth-order valence-corrected chi connectivity index (χ4v) is 13.7. The van der Waals surface area contributed by atoms with E-state index in [2.05, 4.69) is 38.8 Å². The molecule has 3 aliphatic carbocycles. The predicted octanol–water partition coefficient (Wildman–Crippen LogP) is 2.40. The minimum Gasteiger partial charge on any atom is -0.504 e. The molecule has 27 heteroatoms. The van der Waals surface area contributed by atoms with E-state index in [1.54, 1.807) is 10.6 Å². The zero-order chi connectivity index (χ0) is 56.1. The van der Waals surface area contributed by atoms with E-state index < -0.39 is 74.8 Å². The van der Waals surface area contributed by atoms with E-state index in [0.717, 1.165) is 69.5 Å². The number of fused-ring (bicyclic) bond motifs is 2. The van der Waals surface area contributed by atoms with Crippen molar-refractivity contribution in [2.45, 2.75) is 113 Å².